The Morgan fingerprint density at radius 3 is 2.82 bits per heavy atom. The minimum absolute atomic E-state index is 0.762. The second-order valence-electron chi connectivity index (χ2n) is 3.24. The van der Waals surface area contributed by atoms with Crippen LogP contribution in [0.25, 0.3) is 0 Å². The molecule has 0 aromatic rings. The Morgan fingerprint density at radius 2 is 2.36 bits per heavy atom. The van der Waals surface area contributed by atoms with Crippen molar-refractivity contribution in [2.45, 2.75) is 17.7 Å². The highest BCUT2D eigenvalue weighted by Gasteiger charge is 2.27. The minimum Gasteiger partial charge on any atom is -0.318 e. The first kappa shape index (κ1) is 9.36. The van der Waals surface area contributed by atoms with E-state index in [1.165, 1.54) is 13.0 Å². The summed E-state index contributed by atoms with van der Waals surface area (Å²) in [5.74, 6) is 0. The van der Waals surface area contributed by atoms with E-state index in [0.717, 1.165) is 17.8 Å². The molecule has 0 bridgehead atoms. The van der Waals surface area contributed by atoms with E-state index in [4.69, 9.17) is 0 Å². The molecule has 1 saturated heterocycles. The second kappa shape index (κ2) is 4.33. The van der Waals surface area contributed by atoms with E-state index in [9.17, 15) is 0 Å². The summed E-state index contributed by atoms with van der Waals surface area (Å²) in [5.41, 5.74) is 0. The lowest BCUT2D eigenvalue weighted by Gasteiger charge is -2.17. The predicted octanol–water partition coefficient (Wildman–Crippen LogP) is 0.641. The molecule has 0 saturated carbocycles. The fourth-order valence-electron chi connectivity index (χ4n) is 1.67. The average molecular weight is 174 g/mol. The molecule has 2 nitrogen and oxygen atoms in total. The Labute approximate surface area is 73.7 Å². The summed E-state index contributed by atoms with van der Waals surface area (Å²) in [6.07, 6.45) is 3.55. The van der Waals surface area contributed by atoms with Crippen LogP contribution in [0.4, 0.5) is 0 Å². The second-order valence-corrected chi connectivity index (χ2v) is 4.38. The number of nitrogens with zero attached hydrogens (tertiary/aromatic N) is 1. The summed E-state index contributed by atoms with van der Waals surface area (Å²) < 4.78 is 0. The quantitative estimate of drug-likeness (QED) is 0.676. The third kappa shape index (κ3) is 2.36. The number of likely N-dealkylation sites (tertiary alicyclic amines) is 1. The molecular weight excluding hydrogens is 156 g/mol. The van der Waals surface area contributed by atoms with E-state index in [0.29, 0.717) is 0 Å². The number of thioether (sulfide) groups is 1. The topological polar surface area (TPSA) is 15.3 Å². The van der Waals surface area contributed by atoms with Gasteiger partial charge in [-0.3, -0.25) is 0 Å². The summed E-state index contributed by atoms with van der Waals surface area (Å²) >= 11 is 2.00. The fraction of sp³-hybridized carbons (Fsp3) is 1.00. The van der Waals surface area contributed by atoms with E-state index < -0.39 is 0 Å². The van der Waals surface area contributed by atoms with Crippen LogP contribution in [0.15, 0.2) is 0 Å². The lowest BCUT2D eigenvalue weighted by molar-refractivity contribution is 0.306. The van der Waals surface area contributed by atoms with Crippen molar-refractivity contribution in [3.63, 3.8) is 0 Å². The van der Waals surface area contributed by atoms with Gasteiger partial charge in [0.05, 0.1) is 0 Å². The van der Waals surface area contributed by atoms with Gasteiger partial charge < -0.3 is 10.2 Å². The van der Waals surface area contributed by atoms with Crippen molar-refractivity contribution in [2.75, 3.05) is 33.4 Å². The first-order valence-corrected chi connectivity index (χ1v) is 5.44. The van der Waals surface area contributed by atoms with Crippen LogP contribution in [-0.4, -0.2) is 49.6 Å². The third-order valence-electron chi connectivity index (χ3n) is 2.42. The van der Waals surface area contributed by atoms with Gasteiger partial charge in [-0.05, 0) is 26.8 Å². The fourth-order valence-corrected chi connectivity index (χ4v) is 2.47. The maximum atomic E-state index is 3.23. The SMILES string of the molecule is CNCC1CC(SC)CN1C. The van der Waals surface area contributed by atoms with Gasteiger partial charge in [-0.15, -0.1) is 0 Å². The zero-order valence-electron chi connectivity index (χ0n) is 7.63. The van der Waals surface area contributed by atoms with Crippen LogP contribution < -0.4 is 5.32 Å². The average Bonchev–Trinajstić information content (AvgIpc) is 2.33. The smallest absolute Gasteiger partial charge is 0.0228 e. The third-order valence-corrected chi connectivity index (χ3v) is 3.43. The molecule has 2 unspecified atom stereocenters. The molecule has 11 heavy (non-hydrogen) atoms. The van der Waals surface area contributed by atoms with E-state index in [2.05, 4.69) is 23.5 Å². The molecular formula is C8H18N2S. The lowest BCUT2D eigenvalue weighted by Crippen LogP contribution is -2.33. The van der Waals surface area contributed by atoms with Crippen LogP contribution in [0.5, 0.6) is 0 Å². The summed E-state index contributed by atoms with van der Waals surface area (Å²) in [7, 11) is 4.25. The first-order chi connectivity index (χ1) is 5.27. The summed E-state index contributed by atoms with van der Waals surface area (Å²) in [4.78, 5) is 2.46. The van der Waals surface area contributed by atoms with Gasteiger partial charge in [0.1, 0.15) is 0 Å². The normalized spacial score (nSPS) is 33.0. The van der Waals surface area contributed by atoms with Crippen molar-refractivity contribution in [1.29, 1.82) is 0 Å². The van der Waals surface area contributed by atoms with E-state index in [1.807, 2.05) is 18.8 Å². The van der Waals surface area contributed by atoms with E-state index >= 15 is 0 Å². The molecule has 0 aromatic carbocycles. The van der Waals surface area contributed by atoms with Gasteiger partial charge in [0.2, 0.25) is 0 Å². The zero-order chi connectivity index (χ0) is 8.27. The number of rotatable bonds is 3. The van der Waals surface area contributed by atoms with Gasteiger partial charge in [0.15, 0.2) is 0 Å². The van der Waals surface area contributed by atoms with Crippen molar-refractivity contribution in [2.24, 2.45) is 0 Å². The minimum atomic E-state index is 0.762. The first-order valence-electron chi connectivity index (χ1n) is 4.15. The van der Waals surface area contributed by atoms with E-state index in [-0.39, 0.29) is 0 Å². The molecule has 0 aromatic heterocycles. The predicted molar refractivity (Wildman–Crippen MR) is 52.3 cm³/mol. The summed E-state index contributed by atoms with van der Waals surface area (Å²) in [6, 6.07) is 0.762. The standard InChI is InChI=1S/C8H18N2S/c1-9-5-7-4-8(11-3)6-10(7)2/h7-9H,4-6H2,1-3H3. The maximum Gasteiger partial charge on any atom is 0.0228 e. The van der Waals surface area contributed by atoms with Gasteiger partial charge in [-0.25, -0.2) is 0 Å². The number of hydrogen-bond acceptors (Lipinski definition) is 3. The van der Waals surface area contributed by atoms with Gasteiger partial charge in [0.25, 0.3) is 0 Å². The molecule has 1 aliphatic heterocycles. The van der Waals surface area contributed by atoms with Gasteiger partial charge >= 0.3 is 0 Å². The maximum absolute atomic E-state index is 3.23. The van der Waals surface area contributed by atoms with Crippen LogP contribution >= 0.6 is 11.8 Å². The van der Waals surface area contributed by atoms with Crippen LogP contribution in [-0.2, 0) is 0 Å². The Balaban J connectivity index is 2.32. The highest BCUT2D eigenvalue weighted by atomic mass is 32.2. The van der Waals surface area contributed by atoms with Crippen molar-refractivity contribution in [3.05, 3.63) is 0 Å². The molecule has 1 fully saturated rings. The van der Waals surface area contributed by atoms with E-state index in [1.54, 1.807) is 0 Å². The zero-order valence-corrected chi connectivity index (χ0v) is 8.45. The molecule has 1 aliphatic rings. The molecule has 1 N–H and O–H groups in total. The van der Waals surface area contributed by atoms with Gasteiger partial charge in [-0.2, -0.15) is 11.8 Å². The van der Waals surface area contributed by atoms with Crippen LogP contribution in [0.2, 0.25) is 0 Å². The highest BCUT2D eigenvalue weighted by molar-refractivity contribution is 7.99. The molecule has 0 spiro atoms. The molecule has 0 aliphatic carbocycles. The van der Waals surface area contributed by atoms with Crippen molar-refractivity contribution in [1.82, 2.24) is 10.2 Å². The Kier molecular flexibility index (Phi) is 3.69. The molecule has 2 atom stereocenters. The largest absolute Gasteiger partial charge is 0.318 e. The summed E-state index contributed by atoms with van der Waals surface area (Å²) in [5, 5.41) is 4.09. The molecule has 0 amide bonds. The molecule has 1 heterocycles. The molecule has 66 valence electrons. The Bertz CT molecular complexity index is 119. The lowest BCUT2D eigenvalue weighted by atomic mass is 10.2. The molecule has 1 rings (SSSR count). The monoisotopic (exact) mass is 174 g/mol. The number of nitrogens with one attached hydrogen (secondary N) is 1. The van der Waals surface area contributed by atoms with Crippen molar-refractivity contribution in [3.8, 4) is 0 Å². The Hall–Kier alpha value is 0.270. The highest BCUT2D eigenvalue weighted by Crippen LogP contribution is 2.23. The van der Waals surface area contributed by atoms with Crippen molar-refractivity contribution < 1.29 is 0 Å². The van der Waals surface area contributed by atoms with Crippen LogP contribution in [0.1, 0.15) is 6.42 Å². The van der Waals surface area contributed by atoms with Gasteiger partial charge in [-0.1, -0.05) is 0 Å². The van der Waals surface area contributed by atoms with Crippen LogP contribution in [0, 0.1) is 0 Å². The van der Waals surface area contributed by atoms with Crippen molar-refractivity contribution >= 4 is 11.8 Å². The molecule has 3 heteroatoms. The number of hydrogen-bond donors (Lipinski definition) is 1. The molecule has 0 radical (unpaired) electrons. The van der Waals surface area contributed by atoms with Crippen LogP contribution in [0.3, 0.4) is 0 Å². The Morgan fingerprint density at radius 1 is 1.64 bits per heavy atom. The summed E-state index contributed by atoms with van der Waals surface area (Å²) in [6.45, 7) is 2.39. The van der Waals surface area contributed by atoms with Gasteiger partial charge in [0, 0.05) is 24.4 Å². The number of likely N-dealkylation sites (N-methyl/N-ethyl adjacent to an activating group) is 2.